The van der Waals surface area contributed by atoms with E-state index in [1.807, 2.05) is 20.8 Å². The van der Waals surface area contributed by atoms with Crippen LogP contribution in [0.15, 0.2) is 42.9 Å². The van der Waals surface area contributed by atoms with E-state index in [2.05, 4.69) is 73.8 Å². The quantitative estimate of drug-likeness (QED) is 0.0297. The minimum absolute atomic E-state index is 0.128. The Labute approximate surface area is 624 Å². The number of aliphatic hydroxyl groups excluding tert-OH is 2. The number of amides is 13. The molecule has 0 bridgehead atoms. The summed E-state index contributed by atoms with van der Waals surface area (Å²) in [6.45, 7) is 16.0. The van der Waals surface area contributed by atoms with Crippen LogP contribution < -0.4 is 69.5 Å². The molecule has 21 N–H and O–H groups in total. The number of likely N-dealkylation sites (N-methyl/N-ethyl adjacent to an activating group) is 1. The number of hydrogen-bond acceptors (Lipinski definition) is 21. The lowest BCUT2D eigenvalue weighted by atomic mass is 9.84. The lowest BCUT2D eigenvalue weighted by Gasteiger charge is -2.38. The van der Waals surface area contributed by atoms with Gasteiger partial charge in [-0.25, -0.2) is 9.78 Å². The SMILES string of the molecule is CC[C@H](C)[C@H](N)C(=O)N[C@@H](CC(C)C)C(=O)N[C@@H](Cc1ccccc1)C(=O)N[C@@H](Cc1c[nH]cn1)C(=O)N[C@@H](CO)C(=O)N[C@@H](CO)C(=O)N[C@@H](CC(=O)O)C(=O)NCC(=O)N(C)[C@H](C(=O)N[C@H](C(=O)N[C@@H](CC(C)C)C(=O)N[C@@H](CC(=O)O)C(=O)N[C@@H](C)C(=O)N[C@@H](CCC(=O)O)C(=O)O)C(C)C)C(C)(C)C. The predicted octanol–water partition coefficient (Wildman–Crippen LogP) is -4.46. The third-order valence-corrected chi connectivity index (χ3v) is 16.9. The topological polar surface area (TPSA) is 614 Å². The number of benzene rings is 1. The van der Waals surface area contributed by atoms with Crippen molar-refractivity contribution in [3.63, 3.8) is 0 Å². The first-order valence-corrected chi connectivity index (χ1v) is 35.1. The first-order chi connectivity index (χ1) is 50.3. The molecule has 0 unspecified atom stereocenters. The van der Waals surface area contributed by atoms with Gasteiger partial charge in [0.05, 0.1) is 50.7 Å². The van der Waals surface area contributed by atoms with E-state index in [-0.39, 0.29) is 49.1 Å². The number of carboxylic acids is 4. The first-order valence-electron chi connectivity index (χ1n) is 35.1. The molecule has 14 atom stereocenters. The maximum Gasteiger partial charge on any atom is 0.326 e. The Morgan fingerprint density at radius 2 is 0.926 bits per heavy atom. The molecular weight excluding hydrogens is 1420 g/mol. The molecule has 39 nitrogen and oxygen atoms in total. The molecule has 39 heteroatoms. The van der Waals surface area contributed by atoms with Crippen LogP contribution in [0, 0.1) is 29.1 Å². The number of aromatic amines is 1. The molecule has 0 spiro atoms. The highest BCUT2D eigenvalue weighted by molar-refractivity contribution is 6.01. The second-order valence-corrected chi connectivity index (χ2v) is 28.5. The molecule has 1 heterocycles. The predicted molar refractivity (Wildman–Crippen MR) is 383 cm³/mol. The zero-order valence-electron chi connectivity index (χ0n) is 62.9. The van der Waals surface area contributed by atoms with Gasteiger partial charge in [-0.15, -0.1) is 0 Å². The van der Waals surface area contributed by atoms with Gasteiger partial charge in [-0.1, -0.05) is 113 Å². The van der Waals surface area contributed by atoms with Crippen LogP contribution in [-0.4, -0.2) is 252 Å². The van der Waals surface area contributed by atoms with Gasteiger partial charge in [-0.2, -0.15) is 0 Å². The smallest absolute Gasteiger partial charge is 0.326 e. The summed E-state index contributed by atoms with van der Waals surface area (Å²) in [5.41, 5.74) is 5.80. The van der Waals surface area contributed by atoms with Gasteiger partial charge in [0.15, 0.2) is 0 Å². The van der Waals surface area contributed by atoms with Gasteiger partial charge in [-0.3, -0.25) is 76.7 Å². The lowest BCUT2D eigenvalue weighted by molar-refractivity contribution is -0.145. The van der Waals surface area contributed by atoms with Crippen LogP contribution in [0.25, 0.3) is 0 Å². The molecule has 0 radical (unpaired) electrons. The van der Waals surface area contributed by atoms with Crippen LogP contribution >= 0.6 is 0 Å². The Bertz CT molecular complexity index is 3440. The number of nitrogens with two attached hydrogens (primary N) is 1. The molecule has 0 aliphatic rings. The highest BCUT2D eigenvalue weighted by atomic mass is 16.4. The molecule has 0 aliphatic carbocycles. The zero-order valence-corrected chi connectivity index (χ0v) is 62.9. The molecule has 0 saturated heterocycles. The van der Waals surface area contributed by atoms with E-state index in [9.17, 15) is 107 Å². The molecule has 2 aromatic rings. The van der Waals surface area contributed by atoms with Crippen LogP contribution in [0.4, 0.5) is 0 Å². The van der Waals surface area contributed by atoms with Crippen molar-refractivity contribution in [2.45, 2.75) is 219 Å². The van der Waals surface area contributed by atoms with E-state index < -0.39 is 236 Å². The number of rotatable bonds is 47. The van der Waals surface area contributed by atoms with Crippen molar-refractivity contribution in [2.24, 2.45) is 34.8 Å². The Balaban J connectivity index is 2.33. The van der Waals surface area contributed by atoms with Crippen molar-refractivity contribution in [1.82, 2.24) is 78.7 Å². The summed E-state index contributed by atoms with van der Waals surface area (Å²) in [5.74, 6) is -21.4. The van der Waals surface area contributed by atoms with Gasteiger partial charge < -0.3 is 110 Å². The minimum atomic E-state index is -2.04. The number of carbonyl (C=O) groups is 17. The molecule has 1 aromatic carbocycles. The lowest BCUT2D eigenvalue weighted by Crippen LogP contribution is -2.62. The van der Waals surface area contributed by atoms with Crippen molar-refractivity contribution in [3.8, 4) is 0 Å². The molecule has 1 aromatic heterocycles. The van der Waals surface area contributed by atoms with Crippen molar-refractivity contribution in [3.05, 3.63) is 54.1 Å². The van der Waals surface area contributed by atoms with Gasteiger partial charge in [0.25, 0.3) is 0 Å². The van der Waals surface area contributed by atoms with Crippen LogP contribution in [0.1, 0.15) is 139 Å². The third-order valence-electron chi connectivity index (χ3n) is 16.9. The van der Waals surface area contributed by atoms with Gasteiger partial charge in [0, 0.05) is 32.5 Å². The fourth-order valence-corrected chi connectivity index (χ4v) is 10.8. The van der Waals surface area contributed by atoms with Crippen molar-refractivity contribution in [1.29, 1.82) is 0 Å². The Morgan fingerprint density at radius 1 is 0.500 bits per heavy atom. The van der Waals surface area contributed by atoms with E-state index in [1.165, 1.54) is 26.4 Å². The highest BCUT2D eigenvalue weighted by Gasteiger charge is 2.42. The van der Waals surface area contributed by atoms with E-state index in [4.69, 9.17) is 10.8 Å². The second-order valence-electron chi connectivity index (χ2n) is 28.5. The van der Waals surface area contributed by atoms with E-state index in [1.54, 1.807) is 71.9 Å². The van der Waals surface area contributed by atoms with Crippen LogP contribution in [0.5, 0.6) is 0 Å². The summed E-state index contributed by atoms with van der Waals surface area (Å²) in [6, 6.07) is -12.3. The summed E-state index contributed by atoms with van der Waals surface area (Å²) >= 11 is 0. The van der Waals surface area contributed by atoms with Crippen LogP contribution in [-0.2, 0) is 94.3 Å². The van der Waals surface area contributed by atoms with Crippen LogP contribution in [0.3, 0.4) is 0 Å². The van der Waals surface area contributed by atoms with E-state index in [0.717, 1.165) is 18.9 Å². The zero-order chi connectivity index (χ0) is 82.2. The Hall–Kier alpha value is -10.7. The number of imidazole rings is 1. The molecule has 0 saturated carbocycles. The number of nitrogens with one attached hydrogen (secondary N) is 13. The maximum atomic E-state index is 14.4. The summed E-state index contributed by atoms with van der Waals surface area (Å²) in [6.07, 6.45) is -0.604. The molecule has 0 fully saturated rings. The summed E-state index contributed by atoms with van der Waals surface area (Å²) in [4.78, 5) is 234. The van der Waals surface area contributed by atoms with E-state index in [0.29, 0.717) is 12.0 Å². The molecule has 13 amide bonds. The van der Waals surface area contributed by atoms with Gasteiger partial charge in [0.1, 0.15) is 72.5 Å². The fraction of sp³-hybridized carbons (Fsp3) is 0.623. The number of aliphatic hydroxyl groups is 2. The van der Waals surface area contributed by atoms with E-state index >= 15 is 0 Å². The number of carbonyl (C=O) groups excluding carboxylic acids is 13. The standard InChI is InChI=1S/C69H108N16O23/c1-14-36(8)53(70)65(104)80-41(22-33(2)3)59(98)76-43(24-38-18-16-15-17-19-38)61(100)77-44(25-39-28-71-32-73-39)62(101)82-48(31-87)64(103)83-47(30-86)63(102)78-45(26-51(91)92)57(96)72-29-49(88)85(13)55(69(10,11)12)67(106)84-54(35(6)7)66(105)81-42(23-34(4)5)60(99)79-46(27-52(93)94)58(97)74-37(9)56(95)75-40(68(107)108)20-21-50(89)90/h15-19,28,32-37,40-48,53-55,86-87H,14,20-27,29-31,70H2,1-13H3,(H,71,73)(H,72,96)(H,74,97)(H,75,95)(H,76,98)(H,77,100)(H,78,102)(H,79,99)(H,80,104)(H,81,105)(H,82,101)(H,83,103)(H,84,106)(H,89,90)(H,91,92)(H,93,94)(H,107,108)/t36-,37-,40-,41-,42-,43-,44-,45-,46-,47-,48-,53-,54-,55+/m0/s1. The minimum Gasteiger partial charge on any atom is -0.481 e. The first kappa shape index (κ1) is 93.4. The van der Waals surface area contributed by atoms with Gasteiger partial charge in [-0.05, 0) is 60.8 Å². The Kier molecular flexibility index (Phi) is 39.0. The normalized spacial score (nSPS) is 15.2. The van der Waals surface area contributed by atoms with Crippen molar-refractivity contribution >= 4 is 101 Å². The monoisotopic (exact) mass is 1530 g/mol. The highest BCUT2D eigenvalue weighted by Crippen LogP contribution is 2.25. The average molecular weight is 1530 g/mol. The summed E-state index contributed by atoms with van der Waals surface area (Å²) in [7, 11) is 1.16. The number of carboxylic acid groups (broad SMARTS) is 4. The summed E-state index contributed by atoms with van der Waals surface area (Å²) in [5, 5.41) is 87.0. The third kappa shape index (κ3) is 32.2. The number of aromatic nitrogens is 2. The largest absolute Gasteiger partial charge is 0.481 e. The molecule has 602 valence electrons. The number of nitrogens with zero attached hydrogens (tertiary/aromatic N) is 2. The molecular formula is C69H108N16O23. The van der Waals surface area contributed by atoms with Crippen LogP contribution in [0.2, 0.25) is 0 Å². The molecule has 0 aliphatic heterocycles. The Morgan fingerprint density at radius 3 is 1.35 bits per heavy atom. The van der Waals surface area contributed by atoms with Gasteiger partial charge >= 0.3 is 23.9 Å². The molecule has 2 rings (SSSR count). The molecule has 108 heavy (non-hydrogen) atoms. The summed E-state index contributed by atoms with van der Waals surface area (Å²) < 4.78 is 0. The maximum absolute atomic E-state index is 14.4. The second kappa shape index (κ2) is 45.1. The number of aliphatic carboxylic acids is 4. The van der Waals surface area contributed by atoms with Crippen molar-refractivity contribution in [2.75, 3.05) is 26.8 Å². The number of hydrogen-bond donors (Lipinski definition) is 20. The average Bonchev–Trinajstić information content (AvgIpc) is 0.890. The fourth-order valence-electron chi connectivity index (χ4n) is 10.8. The number of H-pyrrole nitrogens is 1. The van der Waals surface area contributed by atoms with Crippen molar-refractivity contribution < 1.29 is 112 Å². The van der Waals surface area contributed by atoms with Gasteiger partial charge in [0.2, 0.25) is 76.8 Å².